The minimum Gasteiger partial charge on any atom is -0.501 e. The Hall–Kier alpha value is -4.65. The minimum atomic E-state index is -4.30. The molecule has 3 nitrogen and oxygen atoms in total. The Morgan fingerprint density at radius 2 is 1.41 bits per heavy atom. The summed E-state index contributed by atoms with van der Waals surface area (Å²) in [4.78, 5) is 8.69. The van der Waals surface area contributed by atoms with Gasteiger partial charge in [0.2, 0.25) is 0 Å². The molecule has 0 unspecified atom stereocenters. The molecule has 0 aliphatic heterocycles. The smallest absolute Gasteiger partial charge is 0.332 e. The van der Waals surface area contributed by atoms with Crippen LogP contribution in [0.4, 0.5) is 17.6 Å². The van der Waals surface area contributed by atoms with E-state index in [1.807, 2.05) is 68.4 Å². The number of aromatic nitrogens is 2. The van der Waals surface area contributed by atoms with Gasteiger partial charge in [-0.1, -0.05) is 82.7 Å². The summed E-state index contributed by atoms with van der Waals surface area (Å²) in [7, 11) is 0. The van der Waals surface area contributed by atoms with Crippen LogP contribution in [-0.4, -0.2) is 9.97 Å². The van der Waals surface area contributed by atoms with E-state index in [9.17, 15) is 17.6 Å². The number of fused-ring (bicyclic) bond motifs is 6. The van der Waals surface area contributed by atoms with Crippen molar-refractivity contribution in [2.45, 2.75) is 25.7 Å². The molecule has 0 atom stereocenters. The predicted molar refractivity (Wildman–Crippen MR) is 167 cm³/mol. The molecule has 7 aromatic rings. The zero-order chi connectivity index (χ0) is 31.3. The zero-order valence-electron chi connectivity index (χ0n) is 24.5. The van der Waals surface area contributed by atoms with E-state index in [1.54, 1.807) is 18.5 Å². The minimum absolute atomic E-state index is 0. The van der Waals surface area contributed by atoms with Crippen molar-refractivity contribution in [1.29, 1.82) is 0 Å². The molecule has 1 aliphatic rings. The van der Waals surface area contributed by atoms with Crippen LogP contribution in [0, 0.1) is 26.0 Å². The predicted octanol–water partition coefficient (Wildman–Crippen LogP) is 10.5. The first-order chi connectivity index (χ1) is 21.7. The third-order valence-electron chi connectivity index (χ3n) is 8.15. The summed E-state index contributed by atoms with van der Waals surface area (Å²) >= 11 is 0. The first-order valence-corrected chi connectivity index (χ1v) is 14.3. The van der Waals surface area contributed by atoms with E-state index in [2.05, 4.69) is 28.2 Å². The molecule has 0 saturated carbocycles. The van der Waals surface area contributed by atoms with Crippen molar-refractivity contribution < 1.29 is 42.1 Å². The van der Waals surface area contributed by atoms with Gasteiger partial charge >= 0.3 is 11.8 Å². The van der Waals surface area contributed by atoms with E-state index in [1.165, 1.54) is 18.2 Å². The molecular weight excluding hydrogens is 769 g/mol. The molecule has 1 radical (unpaired) electrons. The molecule has 0 spiro atoms. The van der Waals surface area contributed by atoms with E-state index in [4.69, 9.17) is 4.42 Å². The number of benzene rings is 4. The second-order valence-electron chi connectivity index (χ2n) is 10.9. The number of rotatable bonds is 2. The quantitative estimate of drug-likeness (QED) is 0.129. The maximum absolute atomic E-state index is 14.5. The normalized spacial score (nSPS) is 14.0. The molecule has 0 N–H and O–H groups in total. The van der Waals surface area contributed by atoms with Crippen LogP contribution >= 0.6 is 0 Å². The van der Waals surface area contributed by atoms with Gasteiger partial charge in [-0.3, -0.25) is 0 Å². The number of aryl methyl sites for hydroxylation is 2. The molecule has 231 valence electrons. The number of para-hydroxylation sites is 1. The largest absolute Gasteiger partial charge is 0.501 e. The third kappa shape index (κ3) is 5.12. The summed E-state index contributed by atoms with van der Waals surface area (Å²) in [5.41, 5.74) is 5.41. The Labute approximate surface area is 276 Å². The molecule has 0 fully saturated rings. The van der Waals surface area contributed by atoms with Crippen LogP contribution in [0.3, 0.4) is 0 Å². The molecule has 0 amide bonds. The fourth-order valence-electron chi connectivity index (χ4n) is 5.61. The maximum Gasteiger partial charge on any atom is 0.332 e. The molecule has 0 saturated heterocycles. The Bertz CT molecular complexity index is 2210. The first kappa shape index (κ1) is 31.3. The van der Waals surface area contributed by atoms with E-state index in [0.717, 1.165) is 56.5 Å². The van der Waals surface area contributed by atoms with Crippen molar-refractivity contribution in [3.05, 3.63) is 144 Å². The average Bonchev–Trinajstić information content (AvgIpc) is 3.45. The fraction of sp³-hybridized carbons (Fsp3) is 0.105. The molecule has 8 heteroatoms. The summed E-state index contributed by atoms with van der Waals surface area (Å²) in [6, 6.07) is 33.5. The standard InChI is InChI=1S/C21H14F4N.C17H10NO.Ir/c1-12-9-19(26-11-13(12)2)14-7-8-18-16(10-14)15-5-3-4-6-17(15)20(22,23)21(18,24)25;1-2-10-16-12(6-1)13-7-5-8-14(17(13)19-16)15-9-3-4-11-18-15;/h3-6,8-11H,1-2H3;1-7,9-11H;/q2*-1;. The SMILES string of the molecule is Cc1cnc(-c2[c-]cc3c(c2)-c2ccccc2C(F)(F)C3(F)F)cc1C.[Ir].[c-]1ccc2c(oc3ccccc32)c1-c1ccccn1. The Balaban J connectivity index is 0.000000165. The van der Waals surface area contributed by atoms with Gasteiger partial charge in [-0.15, -0.1) is 42.0 Å². The van der Waals surface area contributed by atoms with Crippen LogP contribution in [0.25, 0.3) is 55.6 Å². The average molecular weight is 793 g/mol. The van der Waals surface area contributed by atoms with Crippen LogP contribution in [0.5, 0.6) is 0 Å². The van der Waals surface area contributed by atoms with Gasteiger partial charge in [0.05, 0.1) is 5.58 Å². The van der Waals surface area contributed by atoms with Crippen molar-refractivity contribution in [3.63, 3.8) is 0 Å². The first-order valence-electron chi connectivity index (χ1n) is 14.3. The molecule has 1 aliphatic carbocycles. The van der Waals surface area contributed by atoms with Gasteiger partial charge in [-0.2, -0.15) is 8.78 Å². The molecule has 3 heterocycles. The van der Waals surface area contributed by atoms with Crippen LogP contribution in [0.1, 0.15) is 22.3 Å². The monoisotopic (exact) mass is 793 g/mol. The van der Waals surface area contributed by atoms with Crippen molar-refractivity contribution in [1.82, 2.24) is 9.97 Å². The molecule has 46 heavy (non-hydrogen) atoms. The second-order valence-corrected chi connectivity index (χ2v) is 10.9. The van der Waals surface area contributed by atoms with E-state index >= 15 is 0 Å². The molecular formula is C38H24F4IrN2O-2. The summed E-state index contributed by atoms with van der Waals surface area (Å²) in [5.74, 6) is -8.58. The summed E-state index contributed by atoms with van der Waals surface area (Å²) in [6.45, 7) is 3.84. The Morgan fingerprint density at radius 1 is 0.674 bits per heavy atom. The number of alkyl halides is 4. The number of nitrogens with zero attached hydrogens (tertiary/aromatic N) is 2. The number of halogens is 4. The van der Waals surface area contributed by atoms with Gasteiger partial charge < -0.3 is 14.4 Å². The van der Waals surface area contributed by atoms with Gasteiger partial charge in [-0.25, -0.2) is 8.78 Å². The van der Waals surface area contributed by atoms with Crippen molar-refractivity contribution in [2.75, 3.05) is 0 Å². The number of furan rings is 1. The van der Waals surface area contributed by atoms with Crippen LogP contribution in [0.15, 0.2) is 114 Å². The van der Waals surface area contributed by atoms with Crippen LogP contribution in [0.2, 0.25) is 0 Å². The second kappa shape index (κ2) is 11.9. The summed E-state index contributed by atoms with van der Waals surface area (Å²) in [6.07, 6.45) is 3.47. The van der Waals surface area contributed by atoms with Crippen LogP contribution < -0.4 is 0 Å². The topological polar surface area (TPSA) is 38.9 Å². The van der Waals surface area contributed by atoms with Gasteiger partial charge in [0, 0.05) is 43.4 Å². The Kier molecular flexibility index (Phi) is 8.13. The number of pyridine rings is 2. The van der Waals surface area contributed by atoms with Gasteiger partial charge in [-0.05, 0) is 54.1 Å². The summed E-state index contributed by atoms with van der Waals surface area (Å²) < 4.78 is 63.8. The van der Waals surface area contributed by atoms with E-state index in [0.29, 0.717) is 11.3 Å². The van der Waals surface area contributed by atoms with E-state index < -0.39 is 23.0 Å². The van der Waals surface area contributed by atoms with Gasteiger partial charge in [0.1, 0.15) is 5.58 Å². The van der Waals surface area contributed by atoms with Crippen molar-refractivity contribution in [3.8, 4) is 33.6 Å². The molecule has 0 bridgehead atoms. The third-order valence-corrected chi connectivity index (χ3v) is 8.15. The van der Waals surface area contributed by atoms with Crippen LogP contribution in [-0.2, 0) is 32.0 Å². The van der Waals surface area contributed by atoms with Gasteiger partial charge in [0.25, 0.3) is 0 Å². The number of hydrogen-bond acceptors (Lipinski definition) is 3. The zero-order valence-corrected chi connectivity index (χ0v) is 26.9. The molecule has 4 aromatic carbocycles. The Morgan fingerprint density at radius 3 is 2.20 bits per heavy atom. The molecule has 8 rings (SSSR count). The maximum atomic E-state index is 14.5. The van der Waals surface area contributed by atoms with Gasteiger partial charge in [0.15, 0.2) is 0 Å². The van der Waals surface area contributed by atoms with Crippen molar-refractivity contribution >= 4 is 21.9 Å². The van der Waals surface area contributed by atoms with E-state index in [-0.39, 0.29) is 31.2 Å². The number of hydrogen-bond donors (Lipinski definition) is 0. The fourth-order valence-corrected chi connectivity index (χ4v) is 5.61. The summed E-state index contributed by atoms with van der Waals surface area (Å²) in [5, 5.41) is 2.23. The molecule has 3 aromatic heterocycles. The van der Waals surface area contributed by atoms with Crippen molar-refractivity contribution in [2.24, 2.45) is 0 Å².